The molecule has 0 spiro atoms. The van der Waals surface area contributed by atoms with Gasteiger partial charge in [-0.2, -0.15) is 0 Å². The van der Waals surface area contributed by atoms with Crippen LogP contribution in [0.2, 0.25) is 0 Å². The van der Waals surface area contributed by atoms with Crippen LogP contribution in [0.25, 0.3) is 0 Å². The number of likely N-dealkylation sites (N-methyl/N-ethyl adjacent to an activating group) is 1. The molecule has 0 aromatic carbocycles. The second-order valence-corrected chi connectivity index (χ2v) is 3.96. The molecule has 1 heterocycles. The SMILES string of the molecule is CN1CC(NC(=O)COCC(=O)O)CCC1=O. The van der Waals surface area contributed by atoms with E-state index in [0.29, 0.717) is 19.4 Å². The number of amides is 2. The highest BCUT2D eigenvalue weighted by Crippen LogP contribution is 2.09. The predicted molar refractivity (Wildman–Crippen MR) is 57.3 cm³/mol. The summed E-state index contributed by atoms with van der Waals surface area (Å²) in [5.74, 6) is -1.41. The minimum absolute atomic E-state index is 0.0672. The summed E-state index contributed by atoms with van der Waals surface area (Å²) < 4.78 is 4.65. The zero-order chi connectivity index (χ0) is 12.8. The van der Waals surface area contributed by atoms with Crippen LogP contribution in [0, 0.1) is 0 Å². The highest BCUT2D eigenvalue weighted by molar-refractivity contribution is 5.79. The molecule has 1 aliphatic rings. The molecule has 2 amide bonds. The summed E-state index contributed by atoms with van der Waals surface area (Å²) in [6.07, 6.45) is 1.02. The third-order valence-corrected chi connectivity index (χ3v) is 2.45. The first kappa shape index (κ1) is 13.4. The van der Waals surface area contributed by atoms with Gasteiger partial charge in [0.2, 0.25) is 11.8 Å². The van der Waals surface area contributed by atoms with Crippen LogP contribution in [0.5, 0.6) is 0 Å². The van der Waals surface area contributed by atoms with Gasteiger partial charge in [-0.25, -0.2) is 4.79 Å². The Morgan fingerprint density at radius 1 is 1.53 bits per heavy atom. The Balaban J connectivity index is 2.22. The number of ether oxygens (including phenoxy) is 1. The maximum atomic E-state index is 11.3. The fourth-order valence-corrected chi connectivity index (χ4v) is 1.63. The van der Waals surface area contributed by atoms with E-state index >= 15 is 0 Å². The van der Waals surface area contributed by atoms with Gasteiger partial charge in [-0.3, -0.25) is 9.59 Å². The fourth-order valence-electron chi connectivity index (χ4n) is 1.63. The van der Waals surface area contributed by atoms with E-state index < -0.39 is 12.6 Å². The molecule has 1 fully saturated rings. The summed E-state index contributed by atoms with van der Waals surface area (Å²) in [7, 11) is 1.68. The van der Waals surface area contributed by atoms with E-state index in [2.05, 4.69) is 10.1 Å². The van der Waals surface area contributed by atoms with E-state index in [4.69, 9.17) is 5.11 Å². The van der Waals surface area contributed by atoms with Crippen molar-refractivity contribution in [3.05, 3.63) is 0 Å². The summed E-state index contributed by atoms with van der Waals surface area (Å²) in [5.41, 5.74) is 0. The minimum atomic E-state index is -1.11. The van der Waals surface area contributed by atoms with Crippen molar-refractivity contribution in [3.63, 3.8) is 0 Å². The Labute approximate surface area is 98.7 Å². The summed E-state index contributed by atoms with van der Waals surface area (Å²) >= 11 is 0. The molecule has 96 valence electrons. The number of carboxylic acid groups (broad SMARTS) is 1. The number of carboxylic acids is 1. The number of carbonyl (C=O) groups excluding carboxylic acids is 2. The van der Waals surface area contributed by atoms with Gasteiger partial charge in [0.05, 0.1) is 0 Å². The second kappa shape index (κ2) is 6.19. The number of nitrogens with zero attached hydrogens (tertiary/aromatic N) is 1. The van der Waals surface area contributed by atoms with Crippen LogP contribution in [-0.2, 0) is 19.1 Å². The summed E-state index contributed by atoms with van der Waals surface area (Å²) in [6, 6.07) is -0.0846. The van der Waals surface area contributed by atoms with Gasteiger partial charge in [-0.05, 0) is 6.42 Å². The van der Waals surface area contributed by atoms with Crippen LogP contribution < -0.4 is 5.32 Å². The maximum absolute atomic E-state index is 11.3. The molecule has 1 unspecified atom stereocenters. The lowest BCUT2D eigenvalue weighted by atomic mass is 10.1. The predicted octanol–water partition coefficient (Wildman–Crippen LogP) is -1.18. The van der Waals surface area contributed by atoms with Gasteiger partial charge < -0.3 is 20.1 Å². The van der Waals surface area contributed by atoms with Crippen LogP contribution in [0.4, 0.5) is 0 Å². The Morgan fingerprint density at radius 3 is 2.82 bits per heavy atom. The summed E-state index contributed by atoms with van der Waals surface area (Å²) in [4.78, 5) is 34.3. The summed E-state index contributed by atoms with van der Waals surface area (Å²) in [5, 5.41) is 11.0. The van der Waals surface area contributed by atoms with E-state index in [1.54, 1.807) is 11.9 Å². The van der Waals surface area contributed by atoms with E-state index in [-0.39, 0.29) is 24.5 Å². The molecule has 1 rings (SSSR count). The molecule has 0 radical (unpaired) electrons. The first-order valence-electron chi connectivity index (χ1n) is 5.32. The quantitative estimate of drug-likeness (QED) is 0.635. The summed E-state index contributed by atoms with van der Waals surface area (Å²) in [6.45, 7) is -0.291. The number of piperidine rings is 1. The monoisotopic (exact) mass is 244 g/mol. The molecular weight excluding hydrogens is 228 g/mol. The normalized spacial score (nSPS) is 20.2. The first-order chi connectivity index (χ1) is 7.99. The standard InChI is InChI=1S/C10H16N2O5/c1-12-4-7(2-3-9(12)14)11-8(13)5-17-6-10(15)16/h7H,2-6H2,1H3,(H,11,13)(H,15,16). The Morgan fingerprint density at radius 2 is 2.24 bits per heavy atom. The van der Waals surface area contributed by atoms with Crippen molar-refractivity contribution in [1.82, 2.24) is 10.2 Å². The molecule has 1 atom stereocenters. The van der Waals surface area contributed by atoms with Crippen molar-refractivity contribution in [1.29, 1.82) is 0 Å². The molecule has 0 bridgehead atoms. The van der Waals surface area contributed by atoms with E-state index in [1.165, 1.54) is 0 Å². The van der Waals surface area contributed by atoms with Gasteiger partial charge in [-0.1, -0.05) is 0 Å². The lowest BCUT2D eigenvalue weighted by Gasteiger charge is -2.30. The molecule has 2 N–H and O–H groups in total. The molecule has 1 saturated heterocycles. The number of aliphatic carboxylic acids is 1. The number of hydrogen-bond acceptors (Lipinski definition) is 4. The van der Waals surface area contributed by atoms with Crippen molar-refractivity contribution in [2.24, 2.45) is 0 Å². The van der Waals surface area contributed by atoms with Crippen LogP contribution in [0.3, 0.4) is 0 Å². The molecule has 0 aromatic rings. The van der Waals surface area contributed by atoms with Crippen molar-refractivity contribution < 1.29 is 24.2 Å². The van der Waals surface area contributed by atoms with Crippen LogP contribution in [0.15, 0.2) is 0 Å². The minimum Gasteiger partial charge on any atom is -0.480 e. The van der Waals surface area contributed by atoms with E-state index in [9.17, 15) is 14.4 Å². The number of rotatable bonds is 5. The number of hydrogen-bond donors (Lipinski definition) is 2. The zero-order valence-corrected chi connectivity index (χ0v) is 9.64. The van der Waals surface area contributed by atoms with E-state index in [0.717, 1.165) is 0 Å². The van der Waals surface area contributed by atoms with Gasteiger partial charge in [0.15, 0.2) is 0 Å². The van der Waals surface area contributed by atoms with Crippen LogP contribution in [0.1, 0.15) is 12.8 Å². The topological polar surface area (TPSA) is 95.9 Å². The molecule has 17 heavy (non-hydrogen) atoms. The van der Waals surface area contributed by atoms with Crippen molar-refractivity contribution in [3.8, 4) is 0 Å². The molecule has 1 aliphatic heterocycles. The molecule has 7 heteroatoms. The number of carbonyl (C=O) groups is 3. The Kier molecular flexibility index (Phi) is 4.89. The average Bonchev–Trinajstić information content (AvgIpc) is 2.23. The maximum Gasteiger partial charge on any atom is 0.329 e. The third-order valence-electron chi connectivity index (χ3n) is 2.45. The fraction of sp³-hybridized carbons (Fsp3) is 0.700. The van der Waals surface area contributed by atoms with Crippen molar-refractivity contribution >= 4 is 17.8 Å². The van der Waals surface area contributed by atoms with Crippen molar-refractivity contribution in [2.75, 3.05) is 26.8 Å². The highest BCUT2D eigenvalue weighted by atomic mass is 16.5. The van der Waals surface area contributed by atoms with Gasteiger partial charge in [0, 0.05) is 26.1 Å². The Bertz CT molecular complexity index is 318. The molecular formula is C10H16N2O5. The zero-order valence-electron chi connectivity index (χ0n) is 9.64. The number of nitrogens with one attached hydrogen (secondary N) is 1. The number of likely N-dealkylation sites (tertiary alicyclic amines) is 1. The second-order valence-electron chi connectivity index (χ2n) is 3.96. The van der Waals surface area contributed by atoms with Gasteiger partial charge in [0.1, 0.15) is 13.2 Å². The Hall–Kier alpha value is -1.63. The van der Waals surface area contributed by atoms with Gasteiger partial charge in [-0.15, -0.1) is 0 Å². The van der Waals surface area contributed by atoms with Crippen LogP contribution in [-0.4, -0.2) is 60.6 Å². The molecule has 0 aliphatic carbocycles. The lowest BCUT2D eigenvalue weighted by Crippen LogP contribution is -2.49. The van der Waals surface area contributed by atoms with Crippen LogP contribution >= 0.6 is 0 Å². The van der Waals surface area contributed by atoms with Crippen molar-refractivity contribution in [2.45, 2.75) is 18.9 Å². The largest absolute Gasteiger partial charge is 0.480 e. The molecule has 0 aromatic heterocycles. The molecule has 0 saturated carbocycles. The first-order valence-corrected chi connectivity index (χ1v) is 5.32. The smallest absolute Gasteiger partial charge is 0.329 e. The molecule has 7 nitrogen and oxygen atoms in total. The van der Waals surface area contributed by atoms with Gasteiger partial charge in [0.25, 0.3) is 0 Å². The average molecular weight is 244 g/mol. The van der Waals surface area contributed by atoms with Gasteiger partial charge >= 0.3 is 5.97 Å². The van der Waals surface area contributed by atoms with E-state index in [1.807, 2.05) is 0 Å². The third kappa shape index (κ3) is 4.81. The highest BCUT2D eigenvalue weighted by Gasteiger charge is 2.23. The lowest BCUT2D eigenvalue weighted by molar-refractivity contribution is -0.144.